The Morgan fingerprint density at radius 2 is 2.19 bits per heavy atom. The van der Waals surface area contributed by atoms with Crippen LogP contribution in [0, 0.1) is 11.8 Å². The van der Waals surface area contributed by atoms with E-state index in [1.54, 1.807) is 0 Å². The van der Waals surface area contributed by atoms with Gasteiger partial charge in [-0.25, -0.2) is 0 Å². The maximum atomic E-state index is 11.9. The van der Waals surface area contributed by atoms with Crippen LogP contribution in [0.5, 0.6) is 0 Å². The summed E-state index contributed by atoms with van der Waals surface area (Å²) in [4.78, 5) is 13.8. The number of halogens is 1. The Hall–Kier alpha value is -0.280. The lowest BCUT2D eigenvalue weighted by Gasteiger charge is -2.18. The summed E-state index contributed by atoms with van der Waals surface area (Å²) in [6.45, 7) is 9.21. The number of amides is 1. The number of hydrogen-bond acceptors (Lipinski definition) is 2. The number of likely N-dealkylation sites (tertiary alicyclic amines) is 1. The standard InChI is InChI=1S/C12H22ClNO2/c1-4-11(13)12(15)14-6-9(3)10(7-14)8-16-5-2/h9-11H,4-8H2,1-3H3/t9-,10-,11-/m0/s1. The Balaban J connectivity index is 2.45. The predicted octanol–water partition coefficient (Wildman–Crippen LogP) is 2.13. The van der Waals surface area contributed by atoms with Crippen molar-refractivity contribution in [2.24, 2.45) is 11.8 Å². The molecule has 3 nitrogen and oxygen atoms in total. The number of carbonyl (C=O) groups excluding carboxylic acids is 1. The van der Waals surface area contributed by atoms with E-state index >= 15 is 0 Å². The van der Waals surface area contributed by atoms with Crippen LogP contribution < -0.4 is 0 Å². The SMILES string of the molecule is CCOC[C@@H]1CN(C(=O)[C@@H](Cl)CC)C[C@@H]1C. The first-order valence-corrected chi connectivity index (χ1v) is 6.54. The lowest BCUT2D eigenvalue weighted by Crippen LogP contribution is -2.35. The number of carbonyl (C=O) groups is 1. The second-order valence-corrected chi connectivity index (χ2v) is 5.04. The lowest BCUT2D eigenvalue weighted by molar-refractivity contribution is -0.130. The average molecular weight is 248 g/mol. The number of hydrogen-bond donors (Lipinski definition) is 0. The van der Waals surface area contributed by atoms with Gasteiger partial charge in [-0.05, 0) is 19.3 Å². The molecule has 1 aliphatic heterocycles. The molecule has 0 radical (unpaired) electrons. The fourth-order valence-corrected chi connectivity index (χ4v) is 2.21. The highest BCUT2D eigenvalue weighted by Gasteiger charge is 2.34. The monoisotopic (exact) mass is 247 g/mol. The van der Waals surface area contributed by atoms with Crippen LogP contribution in [0.3, 0.4) is 0 Å². The molecule has 0 aromatic rings. The number of rotatable bonds is 5. The van der Waals surface area contributed by atoms with Crippen molar-refractivity contribution in [1.82, 2.24) is 4.90 Å². The first-order chi connectivity index (χ1) is 7.60. The second-order valence-electron chi connectivity index (χ2n) is 4.52. The van der Waals surface area contributed by atoms with E-state index in [0.717, 1.165) is 26.3 Å². The van der Waals surface area contributed by atoms with Gasteiger partial charge < -0.3 is 9.64 Å². The molecule has 1 heterocycles. The molecule has 16 heavy (non-hydrogen) atoms. The molecule has 0 bridgehead atoms. The molecular weight excluding hydrogens is 226 g/mol. The van der Waals surface area contributed by atoms with Gasteiger partial charge in [0.1, 0.15) is 5.38 Å². The van der Waals surface area contributed by atoms with Gasteiger partial charge in [0.05, 0.1) is 6.61 Å². The summed E-state index contributed by atoms with van der Waals surface area (Å²) < 4.78 is 5.43. The topological polar surface area (TPSA) is 29.5 Å². The molecule has 0 saturated carbocycles. The van der Waals surface area contributed by atoms with Gasteiger partial charge in [0, 0.05) is 25.6 Å². The van der Waals surface area contributed by atoms with Crippen molar-refractivity contribution in [1.29, 1.82) is 0 Å². The third-order valence-electron chi connectivity index (χ3n) is 3.24. The van der Waals surface area contributed by atoms with E-state index in [-0.39, 0.29) is 11.3 Å². The molecule has 0 aromatic carbocycles. The summed E-state index contributed by atoms with van der Waals surface area (Å²) >= 11 is 5.97. The maximum absolute atomic E-state index is 11.9. The highest BCUT2D eigenvalue weighted by atomic mass is 35.5. The quantitative estimate of drug-likeness (QED) is 0.697. The van der Waals surface area contributed by atoms with Crippen LogP contribution in [0.25, 0.3) is 0 Å². The molecule has 1 fully saturated rings. The third kappa shape index (κ3) is 3.36. The van der Waals surface area contributed by atoms with Gasteiger partial charge in [-0.1, -0.05) is 13.8 Å². The third-order valence-corrected chi connectivity index (χ3v) is 3.74. The van der Waals surface area contributed by atoms with E-state index in [2.05, 4.69) is 6.92 Å². The van der Waals surface area contributed by atoms with E-state index in [9.17, 15) is 4.79 Å². The predicted molar refractivity (Wildman–Crippen MR) is 65.7 cm³/mol. The molecule has 1 amide bonds. The minimum atomic E-state index is -0.363. The molecular formula is C12H22ClNO2. The van der Waals surface area contributed by atoms with Gasteiger partial charge in [0.2, 0.25) is 5.91 Å². The van der Waals surface area contributed by atoms with Crippen LogP contribution in [0.4, 0.5) is 0 Å². The summed E-state index contributed by atoms with van der Waals surface area (Å²) in [7, 11) is 0. The normalized spacial score (nSPS) is 27.1. The number of ether oxygens (including phenoxy) is 1. The number of nitrogens with zero attached hydrogens (tertiary/aromatic N) is 1. The van der Waals surface area contributed by atoms with Crippen LogP contribution in [-0.2, 0) is 9.53 Å². The summed E-state index contributed by atoms with van der Waals surface area (Å²) in [6, 6.07) is 0. The van der Waals surface area contributed by atoms with E-state index in [1.807, 2.05) is 18.7 Å². The summed E-state index contributed by atoms with van der Waals surface area (Å²) in [6.07, 6.45) is 0.696. The molecule has 1 aliphatic rings. The average Bonchev–Trinajstić information content (AvgIpc) is 2.66. The Bertz CT molecular complexity index is 235. The Morgan fingerprint density at radius 1 is 1.50 bits per heavy atom. The van der Waals surface area contributed by atoms with E-state index in [0.29, 0.717) is 18.3 Å². The molecule has 4 heteroatoms. The lowest BCUT2D eigenvalue weighted by atomic mass is 9.99. The molecule has 1 saturated heterocycles. The van der Waals surface area contributed by atoms with Crippen LogP contribution in [0.2, 0.25) is 0 Å². The first-order valence-electron chi connectivity index (χ1n) is 6.10. The second kappa shape index (κ2) is 6.45. The van der Waals surface area contributed by atoms with Gasteiger partial charge in [0.15, 0.2) is 0 Å². The maximum Gasteiger partial charge on any atom is 0.240 e. The summed E-state index contributed by atoms with van der Waals surface area (Å²) in [5.74, 6) is 1.05. The van der Waals surface area contributed by atoms with E-state index in [4.69, 9.17) is 16.3 Å². The van der Waals surface area contributed by atoms with Crippen molar-refractivity contribution >= 4 is 17.5 Å². The summed E-state index contributed by atoms with van der Waals surface area (Å²) in [5, 5.41) is -0.363. The fraction of sp³-hybridized carbons (Fsp3) is 0.917. The minimum Gasteiger partial charge on any atom is -0.381 e. The smallest absolute Gasteiger partial charge is 0.240 e. The first kappa shape index (κ1) is 13.8. The van der Waals surface area contributed by atoms with Crippen molar-refractivity contribution in [3.63, 3.8) is 0 Å². The highest BCUT2D eigenvalue weighted by molar-refractivity contribution is 6.30. The zero-order valence-corrected chi connectivity index (χ0v) is 11.2. The van der Waals surface area contributed by atoms with Crippen LogP contribution in [0.15, 0.2) is 0 Å². The van der Waals surface area contributed by atoms with Crippen LogP contribution in [-0.4, -0.2) is 42.5 Å². The minimum absolute atomic E-state index is 0.0787. The molecule has 3 atom stereocenters. The number of alkyl halides is 1. The van der Waals surface area contributed by atoms with Gasteiger partial charge in [0.25, 0.3) is 0 Å². The zero-order valence-electron chi connectivity index (χ0n) is 10.4. The fourth-order valence-electron chi connectivity index (χ4n) is 2.07. The van der Waals surface area contributed by atoms with Crippen molar-refractivity contribution < 1.29 is 9.53 Å². The molecule has 0 aromatic heterocycles. The molecule has 0 unspecified atom stereocenters. The van der Waals surface area contributed by atoms with Crippen molar-refractivity contribution in [3.8, 4) is 0 Å². The van der Waals surface area contributed by atoms with Gasteiger partial charge in [-0.3, -0.25) is 4.79 Å². The molecule has 0 spiro atoms. The van der Waals surface area contributed by atoms with E-state index in [1.165, 1.54) is 0 Å². The van der Waals surface area contributed by atoms with Crippen LogP contribution in [0.1, 0.15) is 27.2 Å². The van der Waals surface area contributed by atoms with Crippen molar-refractivity contribution in [3.05, 3.63) is 0 Å². The zero-order chi connectivity index (χ0) is 12.1. The Labute approximate surface area is 103 Å². The Morgan fingerprint density at radius 3 is 2.75 bits per heavy atom. The highest BCUT2D eigenvalue weighted by Crippen LogP contribution is 2.24. The van der Waals surface area contributed by atoms with Crippen molar-refractivity contribution in [2.45, 2.75) is 32.6 Å². The summed E-state index contributed by atoms with van der Waals surface area (Å²) in [5.41, 5.74) is 0. The van der Waals surface area contributed by atoms with E-state index < -0.39 is 0 Å². The molecule has 0 N–H and O–H groups in total. The van der Waals surface area contributed by atoms with Gasteiger partial charge in [-0.15, -0.1) is 11.6 Å². The Kier molecular flexibility index (Phi) is 5.56. The largest absolute Gasteiger partial charge is 0.381 e. The molecule has 1 rings (SSSR count). The van der Waals surface area contributed by atoms with Gasteiger partial charge >= 0.3 is 0 Å². The molecule has 94 valence electrons. The van der Waals surface area contributed by atoms with Gasteiger partial charge in [-0.2, -0.15) is 0 Å². The van der Waals surface area contributed by atoms with Crippen LogP contribution >= 0.6 is 11.6 Å². The van der Waals surface area contributed by atoms with Crippen molar-refractivity contribution in [2.75, 3.05) is 26.3 Å². The molecule has 0 aliphatic carbocycles.